The average Bonchev–Trinajstić information content (AvgIpc) is 3.03. The van der Waals surface area contributed by atoms with Crippen LogP contribution in [0.4, 0.5) is 8.78 Å². The fourth-order valence-electron chi connectivity index (χ4n) is 5.38. The molecule has 2 atom stereocenters. The number of ether oxygens (including phenoxy) is 2. The molecule has 5 nitrogen and oxygen atoms in total. The van der Waals surface area contributed by atoms with Crippen LogP contribution in [-0.4, -0.2) is 49.3 Å². The molecule has 7 heteroatoms. The van der Waals surface area contributed by atoms with Gasteiger partial charge in [0, 0.05) is 31.8 Å². The molecule has 2 aliphatic heterocycles. The van der Waals surface area contributed by atoms with Crippen LogP contribution in [-0.2, 0) is 22.5 Å². The monoisotopic (exact) mass is 472 g/mol. The van der Waals surface area contributed by atoms with Gasteiger partial charge in [0.2, 0.25) is 5.91 Å². The smallest absolute Gasteiger partial charge is 0.224 e. The highest BCUT2D eigenvalue weighted by Crippen LogP contribution is 2.38. The second-order valence-electron chi connectivity index (χ2n) is 9.53. The van der Waals surface area contributed by atoms with Crippen molar-refractivity contribution >= 4 is 5.91 Å². The quantitative estimate of drug-likeness (QED) is 0.548. The Morgan fingerprint density at radius 1 is 1.03 bits per heavy atom. The number of carbonyl (C=O) groups excluding carboxylic acids is 1. The summed E-state index contributed by atoms with van der Waals surface area (Å²) in [6.07, 6.45) is 4.16. The lowest BCUT2D eigenvalue weighted by molar-refractivity contribution is -0.121. The predicted octanol–water partition coefficient (Wildman–Crippen LogP) is 4.46. The largest absolute Gasteiger partial charge is 0.491 e. The molecule has 1 amide bonds. The van der Waals surface area contributed by atoms with Gasteiger partial charge in [0.15, 0.2) is 11.6 Å². The van der Waals surface area contributed by atoms with Gasteiger partial charge in [-0.1, -0.05) is 12.1 Å². The van der Waals surface area contributed by atoms with Crippen molar-refractivity contribution < 1.29 is 23.0 Å². The lowest BCUT2D eigenvalue weighted by atomic mass is 9.95. The van der Waals surface area contributed by atoms with E-state index in [-0.39, 0.29) is 18.4 Å². The summed E-state index contributed by atoms with van der Waals surface area (Å²) >= 11 is 0. The van der Waals surface area contributed by atoms with E-state index in [1.165, 1.54) is 22.8 Å². The topological polar surface area (TPSA) is 50.8 Å². The van der Waals surface area contributed by atoms with Crippen molar-refractivity contribution in [3.8, 4) is 5.75 Å². The normalized spacial score (nSPS) is 22.1. The SMILES string of the molecule is COCCOc1ccc(CN2C3CCC2CC(NC(=O)Cc2ccc(F)c(F)c2)C3)c(C)c1C. The Hall–Kier alpha value is -2.51. The lowest BCUT2D eigenvalue weighted by Gasteiger charge is -2.39. The van der Waals surface area contributed by atoms with Crippen molar-refractivity contribution in [1.29, 1.82) is 0 Å². The van der Waals surface area contributed by atoms with Crippen molar-refractivity contribution in [2.75, 3.05) is 20.3 Å². The first-order valence-corrected chi connectivity index (χ1v) is 12.1. The van der Waals surface area contributed by atoms with Gasteiger partial charge in [-0.3, -0.25) is 9.69 Å². The van der Waals surface area contributed by atoms with Crippen LogP contribution in [0.2, 0.25) is 0 Å². The highest BCUT2D eigenvalue weighted by Gasteiger charge is 2.41. The summed E-state index contributed by atoms with van der Waals surface area (Å²) in [5.41, 5.74) is 4.23. The summed E-state index contributed by atoms with van der Waals surface area (Å²) in [6.45, 7) is 6.26. The molecular formula is C27H34F2N2O3. The van der Waals surface area contributed by atoms with E-state index in [9.17, 15) is 13.6 Å². The van der Waals surface area contributed by atoms with Gasteiger partial charge in [-0.05, 0) is 80.0 Å². The van der Waals surface area contributed by atoms with Crippen molar-refractivity contribution in [2.24, 2.45) is 0 Å². The molecule has 2 fully saturated rings. The number of nitrogens with zero attached hydrogens (tertiary/aromatic N) is 1. The van der Waals surface area contributed by atoms with Crippen LogP contribution >= 0.6 is 0 Å². The molecule has 2 saturated heterocycles. The molecule has 2 heterocycles. The number of benzene rings is 2. The molecule has 34 heavy (non-hydrogen) atoms. The Bertz CT molecular complexity index is 1020. The number of methoxy groups -OCH3 is 1. The third-order valence-corrected chi connectivity index (χ3v) is 7.35. The van der Waals surface area contributed by atoms with Gasteiger partial charge in [0.05, 0.1) is 13.0 Å². The molecule has 0 radical (unpaired) electrons. The fourth-order valence-corrected chi connectivity index (χ4v) is 5.38. The molecule has 1 N–H and O–H groups in total. The maximum Gasteiger partial charge on any atom is 0.224 e. The van der Waals surface area contributed by atoms with Crippen LogP contribution in [0, 0.1) is 25.5 Å². The number of rotatable bonds is 9. The van der Waals surface area contributed by atoms with Gasteiger partial charge < -0.3 is 14.8 Å². The number of fused-ring (bicyclic) bond motifs is 2. The molecule has 4 rings (SSSR count). The minimum Gasteiger partial charge on any atom is -0.491 e. The zero-order valence-corrected chi connectivity index (χ0v) is 20.2. The number of nitrogens with one attached hydrogen (secondary N) is 1. The van der Waals surface area contributed by atoms with Crippen molar-refractivity contribution in [2.45, 2.75) is 70.6 Å². The summed E-state index contributed by atoms with van der Waals surface area (Å²) in [5.74, 6) is -1.05. The predicted molar refractivity (Wildman–Crippen MR) is 127 cm³/mol. The minimum atomic E-state index is -0.920. The number of halogens is 2. The fraction of sp³-hybridized carbons (Fsp3) is 0.519. The van der Waals surface area contributed by atoms with Gasteiger partial charge in [-0.25, -0.2) is 8.78 Å². The first-order valence-electron chi connectivity index (χ1n) is 12.1. The maximum absolute atomic E-state index is 13.4. The van der Waals surface area contributed by atoms with E-state index in [1.54, 1.807) is 7.11 Å². The zero-order valence-electron chi connectivity index (χ0n) is 20.2. The van der Waals surface area contributed by atoms with Crippen molar-refractivity contribution in [3.63, 3.8) is 0 Å². The zero-order chi connectivity index (χ0) is 24.2. The Labute approximate surface area is 200 Å². The molecule has 0 spiro atoms. The maximum atomic E-state index is 13.4. The summed E-state index contributed by atoms with van der Waals surface area (Å²) in [7, 11) is 1.67. The first kappa shape index (κ1) is 24.6. The molecule has 2 aromatic rings. The molecule has 2 aromatic carbocycles. The van der Waals surface area contributed by atoms with E-state index in [0.29, 0.717) is 30.9 Å². The van der Waals surface area contributed by atoms with Gasteiger partial charge in [0.25, 0.3) is 0 Å². The van der Waals surface area contributed by atoms with Crippen molar-refractivity contribution in [1.82, 2.24) is 10.2 Å². The van der Waals surface area contributed by atoms with E-state index in [2.05, 4.69) is 36.2 Å². The van der Waals surface area contributed by atoms with Crippen LogP contribution < -0.4 is 10.1 Å². The number of amides is 1. The first-order chi connectivity index (χ1) is 16.4. The van der Waals surface area contributed by atoms with Gasteiger partial charge in [0.1, 0.15) is 12.4 Å². The molecular weight excluding hydrogens is 438 g/mol. The van der Waals surface area contributed by atoms with E-state index in [1.807, 2.05) is 0 Å². The summed E-state index contributed by atoms with van der Waals surface area (Å²) in [4.78, 5) is 15.1. The molecule has 2 unspecified atom stereocenters. The van der Waals surface area contributed by atoms with E-state index < -0.39 is 11.6 Å². The molecule has 2 bridgehead atoms. The Morgan fingerprint density at radius 2 is 1.76 bits per heavy atom. The van der Waals surface area contributed by atoms with Crippen LogP contribution in [0.5, 0.6) is 5.75 Å². The Kier molecular flexibility index (Phi) is 7.84. The molecule has 2 aliphatic rings. The van der Waals surface area contributed by atoms with Gasteiger partial charge >= 0.3 is 0 Å². The number of hydrogen-bond donors (Lipinski definition) is 1. The lowest BCUT2D eigenvalue weighted by Crippen LogP contribution is -2.50. The second kappa shape index (κ2) is 10.8. The number of hydrogen-bond acceptors (Lipinski definition) is 4. The molecule has 0 aromatic heterocycles. The average molecular weight is 473 g/mol. The van der Waals surface area contributed by atoms with E-state index in [4.69, 9.17) is 9.47 Å². The standard InChI is InChI=1S/C27H34F2N2O3/c1-17-18(2)26(34-11-10-33-3)9-5-20(17)16-31-22-6-7-23(31)15-21(14-22)30-27(32)13-19-4-8-24(28)25(29)12-19/h4-5,8-9,12,21-23H,6-7,10-11,13-16H2,1-3H3,(H,30,32). The highest BCUT2D eigenvalue weighted by atomic mass is 19.2. The van der Waals surface area contributed by atoms with Crippen LogP contribution in [0.3, 0.4) is 0 Å². The molecule has 0 saturated carbocycles. The Balaban J connectivity index is 1.34. The van der Waals surface area contributed by atoms with Crippen LogP contribution in [0.25, 0.3) is 0 Å². The number of carbonyl (C=O) groups is 1. The molecule has 0 aliphatic carbocycles. The number of piperidine rings is 1. The van der Waals surface area contributed by atoms with Gasteiger partial charge in [-0.15, -0.1) is 0 Å². The van der Waals surface area contributed by atoms with Crippen LogP contribution in [0.15, 0.2) is 30.3 Å². The van der Waals surface area contributed by atoms with E-state index >= 15 is 0 Å². The summed E-state index contributed by atoms with van der Waals surface area (Å²) in [6, 6.07) is 8.83. The summed E-state index contributed by atoms with van der Waals surface area (Å²) in [5, 5.41) is 3.13. The summed E-state index contributed by atoms with van der Waals surface area (Å²) < 4.78 is 37.5. The van der Waals surface area contributed by atoms with Crippen LogP contribution in [0.1, 0.15) is 47.9 Å². The van der Waals surface area contributed by atoms with E-state index in [0.717, 1.165) is 50.1 Å². The second-order valence-corrected chi connectivity index (χ2v) is 9.53. The molecule has 184 valence electrons. The third kappa shape index (κ3) is 5.58. The minimum absolute atomic E-state index is 0.0595. The Morgan fingerprint density at radius 3 is 2.44 bits per heavy atom. The van der Waals surface area contributed by atoms with Crippen molar-refractivity contribution in [3.05, 3.63) is 64.2 Å². The van der Waals surface area contributed by atoms with Gasteiger partial charge in [-0.2, -0.15) is 0 Å². The highest BCUT2D eigenvalue weighted by molar-refractivity contribution is 5.78. The third-order valence-electron chi connectivity index (χ3n) is 7.35.